The van der Waals surface area contributed by atoms with Gasteiger partial charge in [-0.3, -0.25) is 9.69 Å². The third-order valence-corrected chi connectivity index (χ3v) is 5.42. The van der Waals surface area contributed by atoms with Crippen molar-refractivity contribution in [3.8, 4) is 0 Å². The van der Waals surface area contributed by atoms with Crippen LogP contribution in [0.15, 0.2) is 24.3 Å². The highest BCUT2D eigenvalue weighted by atomic mass is 16.3. The van der Waals surface area contributed by atoms with Crippen molar-refractivity contribution >= 4 is 5.91 Å². The normalized spacial score (nSPS) is 26.5. The lowest BCUT2D eigenvalue weighted by molar-refractivity contribution is -0.132. The summed E-state index contributed by atoms with van der Waals surface area (Å²) in [5.74, 6) is 0.143. The first-order valence-electron chi connectivity index (χ1n) is 8.95. The Morgan fingerprint density at radius 3 is 2.75 bits per heavy atom. The van der Waals surface area contributed by atoms with Crippen LogP contribution < -0.4 is 0 Å². The second kappa shape index (κ2) is 7.21. The summed E-state index contributed by atoms with van der Waals surface area (Å²) < 4.78 is 0. The van der Waals surface area contributed by atoms with E-state index in [-0.39, 0.29) is 5.91 Å². The molecule has 1 amide bonds. The lowest BCUT2D eigenvalue weighted by Gasteiger charge is -2.27. The Bertz CT molecular complexity index is 592. The van der Waals surface area contributed by atoms with Crippen molar-refractivity contribution in [3.05, 3.63) is 35.4 Å². The van der Waals surface area contributed by atoms with E-state index in [1.165, 1.54) is 0 Å². The first-order chi connectivity index (χ1) is 11.5. The topological polar surface area (TPSA) is 47.0 Å². The smallest absolute Gasteiger partial charge is 0.236 e. The molecule has 132 valence electrons. The van der Waals surface area contributed by atoms with E-state index in [4.69, 9.17) is 0 Å². The Morgan fingerprint density at radius 2 is 1.96 bits per heavy atom. The van der Waals surface area contributed by atoms with Gasteiger partial charge >= 0.3 is 0 Å². The molecule has 0 aromatic heterocycles. The minimum atomic E-state index is -0.903. The largest absolute Gasteiger partial charge is 0.383 e. The van der Waals surface area contributed by atoms with Crippen LogP contribution in [-0.4, -0.2) is 78.6 Å². The molecule has 2 aliphatic heterocycles. The Balaban J connectivity index is 1.61. The van der Waals surface area contributed by atoms with Crippen LogP contribution in [-0.2, 0) is 10.4 Å². The maximum Gasteiger partial charge on any atom is 0.236 e. The van der Waals surface area contributed by atoms with Gasteiger partial charge in [0.2, 0.25) is 5.91 Å². The van der Waals surface area contributed by atoms with Gasteiger partial charge < -0.3 is 14.9 Å². The number of aryl methyl sites for hydroxylation is 1. The highest BCUT2D eigenvalue weighted by molar-refractivity contribution is 5.78. The predicted molar refractivity (Wildman–Crippen MR) is 94.8 cm³/mol. The van der Waals surface area contributed by atoms with Crippen LogP contribution >= 0.6 is 0 Å². The number of carbonyl (C=O) groups is 1. The Morgan fingerprint density at radius 1 is 1.17 bits per heavy atom. The number of amides is 1. The van der Waals surface area contributed by atoms with Crippen molar-refractivity contribution in [3.63, 3.8) is 0 Å². The zero-order valence-corrected chi connectivity index (χ0v) is 14.9. The van der Waals surface area contributed by atoms with Crippen molar-refractivity contribution in [2.24, 2.45) is 0 Å². The second-order valence-corrected chi connectivity index (χ2v) is 7.34. The van der Waals surface area contributed by atoms with Crippen LogP contribution in [0.3, 0.4) is 0 Å². The summed E-state index contributed by atoms with van der Waals surface area (Å²) in [6, 6.07) is 7.94. The van der Waals surface area contributed by atoms with Gasteiger partial charge in [-0.2, -0.15) is 0 Å². The zero-order valence-electron chi connectivity index (χ0n) is 14.9. The summed E-state index contributed by atoms with van der Waals surface area (Å²) in [5.41, 5.74) is 1.14. The average Bonchev–Trinajstić information content (AvgIpc) is 2.85. The van der Waals surface area contributed by atoms with E-state index in [0.29, 0.717) is 26.1 Å². The molecule has 1 aromatic rings. The summed E-state index contributed by atoms with van der Waals surface area (Å²) >= 11 is 0. The summed E-state index contributed by atoms with van der Waals surface area (Å²) in [4.78, 5) is 19.1. The third kappa shape index (κ3) is 3.79. The molecule has 1 atom stereocenters. The Hall–Kier alpha value is -1.43. The number of β-amino-alcohol motifs (C(OH)–C–C–N with tert-alkyl or cyclic N) is 1. The summed E-state index contributed by atoms with van der Waals surface area (Å²) in [5, 5.41) is 11.0. The average molecular weight is 331 g/mol. The second-order valence-electron chi connectivity index (χ2n) is 7.34. The molecule has 1 unspecified atom stereocenters. The molecule has 0 bridgehead atoms. The lowest BCUT2D eigenvalue weighted by Crippen LogP contribution is -2.42. The van der Waals surface area contributed by atoms with Crippen LogP contribution in [0.4, 0.5) is 0 Å². The number of likely N-dealkylation sites (tertiary alicyclic amines) is 1. The van der Waals surface area contributed by atoms with E-state index in [0.717, 1.165) is 43.7 Å². The molecule has 2 aliphatic rings. The van der Waals surface area contributed by atoms with Gasteiger partial charge in [0.1, 0.15) is 5.60 Å². The number of nitrogens with zero attached hydrogens (tertiary/aromatic N) is 3. The first-order valence-corrected chi connectivity index (χ1v) is 8.95. The van der Waals surface area contributed by atoms with Crippen LogP contribution in [0.1, 0.15) is 24.0 Å². The van der Waals surface area contributed by atoms with Gasteiger partial charge in [-0.25, -0.2) is 0 Å². The minimum absolute atomic E-state index is 0.143. The molecule has 24 heavy (non-hydrogen) atoms. The van der Waals surface area contributed by atoms with E-state index < -0.39 is 5.60 Å². The predicted octanol–water partition coefficient (Wildman–Crippen LogP) is 1.05. The molecular weight excluding hydrogens is 302 g/mol. The van der Waals surface area contributed by atoms with Crippen LogP contribution in [0.5, 0.6) is 0 Å². The SMILES string of the molecule is Cc1ccccc1C1(O)CCN(C(=O)CN2CCCN(C)CC2)C1. The molecule has 0 saturated carbocycles. The van der Waals surface area contributed by atoms with Crippen LogP contribution in [0, 0.1) is 6.92 Å². The van der Waals surface area contributed by atoms with E-state index in [1.807, 2.05) is 36.1 Å². The molecule has 1 N–H and O–H groups in total. The fourth-order valence-corrected chi connectivity index (χ4v) is 3.87. The Labute approximate surface area is 144 Å². The number of benzene rings is 1. The first kappa shape index (κ1) is 17.4. The standard InChI is InChI=1S/C19H29N3O2/c1-16-6-3-4-7-17(16)19(24)8-11-22(15-19)18(23)14-21-10-5-9-20(2)12-13-21/h3-4,6-7,24H,5,8-15H2,1-2H3. The molecule has 0 radical (unpaired) electrons. The van der Waals surface area contributed by atoms with Crippen LogP contribution in [0.2, 0.25) is 0 Å². The number of hydrogen-bond acceptors (Lipinski definition) is 4. The van der Waals surface area contributed by atoms with Crippen molar-refractivity contribution in [1.82, 2.24) is 14.7 Å². The highest BCUT2D eigenvalue weighted by Gasteiger charge is 2.40. The maximum absolute atomic E-state index is 12.7. The summed E-state index contributed by atoms with van der Waals surface area (Å²) in [6.45, 7) is 7.57. The summed E-state index contributed by atoms with van der Waals surface area (Å²) in [6.07, 6.45) is 1.73. The van der Waals surface area contributed by atoms with Gasteiger partial charge in [0.25, 0.3) is 0 Å². The molecule has 2 fully saturated rings. The monoisotopic (exact) mass is 331 g/mol. The molecule has 0 spiro atoms. The lowest BCUT2D eigenvalue weighted by atomic mass is 9.89. The fourth-order valence-electron chi connectivity index (χ4n) is 3.87. The van der Waals surface area contributed by atoms with Gasteiger partial charge in [-0.1, -0.05) is 24.3 Å². The zero-order chi connectivity index (χ0) is 17.2. The van der Waals surface area contributed by atoms with Gasteiger partial charge in [0.15, 0.2) is 0 Å². The van der Waals surface area contributed by atoms with Crippen molar-refractivity contribution in [2.45, 2.75) is 25.4 Å². The summed E-state index contributed by atoms with van der Waals surface area (Å²) in [7, 11) is 2.13. The Kier molecular flexibility index (Phi) is 5.23. The van der Waals surface area contributed by atoms with Crippen molar-refractivity contribution in [1.29, 1.82) is 0 Å². The molecule has 5 nitrogen and oxygen atoms in total. The van der Waals surface area contributed by atoms with E-state index in [9.17, 15) is 9.90 Å². The number of likely N-dealkylation sites (N-methyl/N-ethyl adjacent to an activating group) is 1. The van der Waals surface area contributed by atoms with Crippen molar-refractivity contribution < 1.29 is 9.90 Å². The minimum Gasteiger partial charge on any atom is -0.383 e. The van der Waals surface area contributed by atoms with E-state index in [1.54, 1.807) is 0 Å². The van der Waals surface area contributed by atoms with Gasteiger partial charge in [-0.15, -0.1) is 0 Å². The van der Waals surface area contributed by atoms with E-state index in [2.05, 4.69) is 16.8 Å². The highest BCUT2D eigenvalue weighted by Crippen LogP contribution is 2.33. The van der Waals surface area contributed by atoms with Gasteiger partial charge in [0.05, 0.1) is 13.1 Å². The number of carbonyl (C=O) groups excluding carboxylic acids is 1. The quantitative estimate of drug-likeness (QED) is 0.899. The third-order valence-electron chi connectivity index (χ3n) is 5.42. The molecular formula is C19H29N3O2. The van der Waals surface area contributed by atoms with Crippen molar-refractivity contribution in [2.75, 3.05) is 52.9 Å². The van der Waals surface area contributed by atoms with Gasteiger partial charge in [0, 0.05) is 19.6 Å². The molecule has 1 aromatic carbocycles. The molecule has 5 heteroatoms. The van der Waals surface area contributed by atoms with E-state index >= 15 is 0 Å². The van der Waals surface area contributed by atoms with Gasteiger partial charge in [-0.05, 0) is 51.0 Å². The number of rotatable bonds is 3. The maximum atomic E-state index is 12.7. The van der Waals surface area contributed by atoms with Crippen LogP contribution in [0.25, 0.3) is 0 Å². The molecule has 2 saturated heterocycles. The molecule has 0 aliphatic carbocycles. The molecule has 3 rings (SSSR count). The number of aliphatic hydroxyl groups is 1. The molecule has 2 heterocycles. The number of hydrogen-bond donors (Lipinski definition) is 1. The fraction of sp³-hybridized carbons (Fsp3) is 0.632.